The molecular weight excluding hydrogens is 286 g/mol. The second-order valence-electron chi connectivity index (χ2n) is 5.03. The highest BCUT2D eigenvalue weighted by Crippen LogP contribution is 2.18. The number of pyridine rings is 1. The van der Waals surface area contributed by atoms with Crippen molar-refractivity contribution in [1.82, 2.24) is 0 Å². The molecule has 2 aromatic carbocycles. The number of benzene rings is 2. The van der Waals surface area contributed by atoms with E-state index in [1.54, 1.807) is 0 Å². The first-order valence-corrected chi connectivity index (χ1v) is 8.36. The van der Waals surface area contributed by atoms with Crippen molar-refractivity contribution in [2.24, 2.45) is 0 Å². The molecule has 4 nitrogen and oxygen atoms in total. The molecular formula is C16H16NO3S+. The van der Waals surface area contributed by atoms with E-state index < -0.39 is 10.1 Å². The first-order valence-electron chi connectivity index (χ1n) is 6.78. The Bertz CT molecular complexity index is 856. The maximum atomic E-state index is 10.8. The zero-order valence-electron chi connectivity index (χ0n) is 12.4. The Balaban J connectivity index is 0.00000176. The molecule has 0 atom stereocenters. The average molecular weight is 302 g/mol. The van der Waals surface area contributed by atoms with E-state index >= 15 is 0 Å². The third-order valence-electron chi connectivity index (χ3n) is 3.54. The molecule has 108 valence electrons. The molecule has 0 saturated carbocycles. The van der Waals surface area contributed by atoms with Gasteiger partial charge >= 0.3 is 1.43 Å². The Morgan fingerprint density at radius 3 is 2.00 bits per heavy atom. The summed E-state index contributed by atoms with van der Waals surface area (Å²) in [6, 6.07) is 18.1. The van der Waals surface area contributed by atoms with Crippen LogP contribution in [0.1, 0.15) is 7.85 Å². The normalized spacial score (nSPS) is 12.0. The van der Waals surface area contributed by atoms with E-state index in [4.69, 9.17) is 0 Å². The molecule has 1 aromatic heterocycles. The lowest BCUT2D eigenvalue weighted by Crippen LogP contribution is -2.36. The zero-order chi connectivity index (χ0) is 14.9. The SMILES string of the molecule is O=S(=O)([O-])CCC[n+]1c2ccccc2cc2ccccc21.[H+]. The summed E-state index contributed by atoms with van der Waals surface area (Å²) in [5, 5.41) is 2.20. The van der Waals surface area contributed by atoms with Gasteiger partial charge in [0.05, 0.1) is 10.1 Å². The van der Waals surface area contributed by atoms with Crippen molar-refractivity contribution in [3.63, 3.8) is 0 Å². The maximum Gasteiger partial charge on any atom is 1.00 e. The Morgan fingerprint density at radius 1 is 0.952 bits per heavy atom. The lowest BCUT2D eigenvalue weighted by molar-refractivity contribution is -0.645. The van der Waals surface area contributed by atoms with Crippen LogP contribution in [-0.2, 0) is 16.7 Å². The van der Waals surface area contributed by atoms with Gasteiger partial charge in [0.2, 0.25) is 11.0 Å². The second kappa shape index (κ2) is 5.42. The molecule has 3 rings (SSSR count). The van der Waals surface area contributed by atoms with Crippen molar-refractivity contribution in [3.05, 3.63) is 54.6 Å². The standard InChI is InChI=1S/C16H15NO3S/c18-21(19,20)11-5-10-17-15-8-3-1-6-13(15)12-14-7-2-4-9-16(14)17/h1-4,6-9,12H,5,10-11H2/p+1. The van der Waals surface area contributed by atoms with Gasteiger partial charge in [-0.15, -0.1) is 0 Å². The summed E-state index contributed by atoms with van der Waals surface area (Å²) >= 11 is 0. The molecule has 0 aliphatic heterocycles. The number of fused-ring (bicyclic) bond motifs is 2. The third kappa shape index (κ3) is 3.04. The van der Waals surface area contributed by atoms with Crippen LogP contribution in [0, 0.1) is 0 Å². The Hall–Kier alpha value is -1.98. The summed E-state index contributed by atoms with van der Waals surface area (Å²) < 4.78 is 34.4. The highest BCUT2D eigenvalue weighted by atomic mass is 32.2. The van der Waals surface area contributed by atoms with Crippen LogP contribution >= 0.6 is 0 Å². The van der Waals surface area contributed by atoms with E-state index in [0.717, 1.165) is 21.8 Å². The summed E-state index contributed by atoms with van der Waals surface area (Å²) in [6.07, 6.45) is 0.314. The van der Waals surface area contributed by atoms with Crippen LogP contribution < -0.4 is 4.57 Å². The minimum atomic E-state index is -4.16. The molecule has 0 bridgehead atoms. The van der Waals surface area contributed by atoms with Crippen LogP contribution in [0.5, 0.6) is 0 Å². The van der Waals surface area contributed by atoms with E-state index in [0.29, 0.717) is 13.0 Å². The van der Waals surface area contributed by atoms with Crippen molar-refractivity contribution in [2.45, 2.75) is 13.0 Å². The molecule has 0 spiro atoms. The molecule has 21 heavy (non-hydrogen) atoms. The van der Waals surface area contributed by atoms with Crippen molar-refractivity contribution < 1.29 is 19.0 Å². The fourth-order valence-electron chi connectivity index (χ4n) is 2.65. The van der Waals surface area contributed by atoms with E-state index in [1.807, 2.05) is 48.5 Å². The number of nitrogens with zero attached hydrogens (tertiary/aromatic N) is 1. The van der Waals surface area contributed by atoms with Crippen molar-refractivity contribution in [1.29, 1.82) is 0 Å². The van der Waals surface area contributed by atoms with Gasteiger partial charge in [0.15, 0.2) is 6.54 Å². The largest absolute Gasteiger partial charge is 1.00 e. The van der Waals surface area contributed by atoms with E-state index in [2.05, 4.69) is 10.6 Å². The predicted molar refractivity (Wildman–Crippen MR) is 81.9 cm³/mol. The average Bonchev–Trinajstić information content (AvgIpc) is 2.45. The van der Waals surface area contributed by atoms with Crippen LogP contribution in [0.2, 0.25) is 0 Å². The van der Waals surface area contributed by atoms with Crippen molar-refractivity contribution in [3.8, 4) is 0 Å². The molecule has 3 aromatic rings. The molecule has 0 amide bonds. The third-order valence-corrected chi connectivity index (χ3v) is 4.33. The highest BCUT2D eigenvalue weighted by Gasteiger charge is 2.14. The smallest absolute Gasteiger partial charge is 0.748 e. The molecule has 5 heteroatoms. The van der Waals surface area contributed by atoms with Crippen LogP contribution in [0.4, 0.5) is 0 Å². The van der Waals surface area contributed by atoms with Gasteiger partial charge in [-0.25, -0.2) is 8.42 Å². The molecule has 0 aliphatic carbocycles. The molecule has 0 N–H and O–H groups in total. The molecule has 0 aliphatic rings. The number of aryl methyl sites for hydroxylation is 1. The molecule has 0 radical (unpaired) electrons. The minimum Gasteiger partial charge on any atom is -0.748 e. The summed E-state index contributed by atoms with van der Waals surface area (Å²) in [6.45, 7) is 0.503. The van der Waals surface area contributed by atoms with Gasteiger partial charge in [-0.3, -0.25) is 0 Å². The lowest BCUT2D eigenvalue weighted by atomic mass is 10.1. The Kier molecular flexibility index (Phi) is 3.61. The fraction of sp³-hybridized carbons (Fsp3) is 0.188. The number of para-hydroxylation sites is 2. The van der Waals surface area contributed by atoms with E-state index in [-0.39, 0.29) is 7.18 Å². The van der Waals surface area contributed by atoms with Crippen molar-refractivity contribution in [2.75, 3.05) is 5.75 Å². The van der Waals surface area contributed by atoms with Crippen molar-refractivity contribution >= 4 is 31.9 Å². The van der Waals surface area contributed by atoms with Gasteiger partial charge in [-0.2, -0.15) is 4.57 Å². The van der Waals surface area contributed by atoms with Gasteiger partial charge in [0.25, 0.3) is 0 Å². The van der Waals surface area contributed by atoms with Gasteiger partial charge < -0.3 is 4.55 Å². The highest BCUT2D eigenvalue weighted by molar-refractivity contribution is 7.85. The molecule has 0 saturated heterocycles. The number of aromatic nitrogens is 1. The van der Waals surface area contributed by atoms with Crippen LogP contribution in [0.25, 0.3) is 21.8 Å². The number of hydrogen-bond acceptors (Lipinski definition) is 3. The quantitative estimate of drug-likeness (QED) is 0.422. The summed E-state index contributed by atoms with van der Waals surface area (Å²) in [4.78, 5) is 0. The Labute approximate surface area is 124 Å². The second-order valence-corrected chi connectivity index (χ2v) is 6.55. The number of hydrogen-bond donors (Lipinski definition) is 0. The Morgan fingerprint density at radius 2 is 1.48 bits per heavy atom. The summed E-state index contributed by atoms with van der Waals surface area (Å²) in [5.74, 6) is -0.336. The van der Waals surface area contributed by atoms with Crippen LogP contribution in [0.3, 0.4) is 0 Å². The zero-order valence-corrected chi connectivity index (χ0v) is 12.2. The monoisotopic (exact) mass is 302 g/mol. The van der Waals surface area contributed by atoms with E-state index in [9.17, 15) is 13.0 Å². The first-order chi connectivity index (χ1) is 10.0. The topological polar surface area (TPSA) is 61.1 Å². The molecule has 1 heterocycles. The van der Waals surface area contributed by atoms with Crippen LogP contribution in [0.15, 0.2) is 54.6 Å². The van der Waals surface area contributed by atoms with Gasteiger partial charge in [0.1, 0.15) is 0 Å². The molecule has 0 fully saturated rings. The summed E-state index contributed by atoms with van der Waals surface area (Å²) in [5.41, 5.74) is 2.08. The van der Waals surface area contributed by atoms with E-state index in [1.165, 1.54) is 0 Å². The number of rotatable bonds is 4. The molecule has 0 unspecified atom stereocenters. The lowest BCUT2D eigenvalue weighted by Gasteiger charge is -2.07. The van der Waals surface area contributed by atoms with Gasteiger partial charge in [-0.05, 0) is 18.2 Å². The maximum absolute atomic E-state index is 10.8. The van der Waals surface area contributed by atoms with Crippen LogP contribution in [-0.4, -0.2) is 18.7 Å². The first kappa shape index (κ1) is 14.0. The van der Waals surface area contributed by atoms with Gasteiger partial charge in [0, 0.05) is 35.1 Å². The fourth-order valence-corrected chi connectivity index (χ4v) is 3.13. The summed E-state index contributed by atoms with van der Waals surface area (Å²) in [7, 11) is -4.16. The van der Waals surface area contributed by atoms with Gasteiger partial charge in [-0.1, -0.05) is 24.3 Å². The predicted octanol–water partition coefficient (Wildman–Crippen LogP) is 2.33. The minimum absolute atomic E-state index is 0.